The molecule has 0 bridgehead atoms. The number of hydrogen-bond acceptors (Lipinski definition) is 0. The molecule has 0 N–H and O–H groups in total. The molecular weight excluding hydrogens is 318 g/mol. The third kappa shape index (κ3) is 5.94. The molecule has 0 radical (unpaired) electrons. The van der Waals surface area contributed by atoms with E-state index in [0.29, 0.717) is 5.92 Å². The van der Waals surface area contributed by atoms with E-state index in [1.165, 1.54) is 40.9 Å². The first-order chi connectivity index (χ1) is 7.59. The fourth-order valence-corrected chi connectivity index (χ4v) is 5.95. The van der Waals surface area contributed by atoms with Crippen LogP contribution >= 0.6 is 17.0 Å². The minimum absolute atomic E-state index is 0.556. The van der Waals surface area contributed by atoms with Crippen LogP contribution < -0.4 is 0 Å². The van der Waals surface area contributed by atoms with Gasteiger partial charge < -0.3 is 0 Å². The van der Waals surface area contributed by atoms with E-state index in [9.17, 15) is 0 Å². The summed E-state index contributed by atoms with van der Waals surface area (Å²) in [5.41, 5.74) is 1.27. The molecule has 16 heavy (non-hydrogen) atoms. The molecule has 0 nitrogen and oxygen atoms in total. The summed E-state index contributed by atoms with van der Waals surface area (Å²) >= 11 is -1.88. The van der Waals surface area contributed by atoms with Crippen LogP contribution in [-0.4, -0.2) is 3.21 Å². The molecule has 1 saturated carbocycles. The third-order valence-corrected chi connectivity index (χ3v) is 8.52. The van der Waals surface area contributed by atoms with E-state index >= 15 is 0 Å². The van der Waals surface area contributed by atoms with Gasteiger partial charge in [-0.05, 0) is 0 Å². The first-order valence-electron chi connectivity index (χ1n) is 5.91. The first kappa shape index (κ1) is 14.9. The van der Waals surface area contributed by atoms with Gasteiger partial charge in [-0.3, -0.25) is 6.08 Å². The zero-order valence-corrected chi connectivity index (χ0v) is 14.0. The fraction of sp³-hybridized carbons (Fsp3) is 0.615. The second-order valence-corrected chi connectivity index (χ2v) is 13.0. The van der Waals surface area contributed by atoms with Gasteiger partial charge in [-0.25, -0.2) is 11.6 Å². The molecule has 0 aromatic rings. The van der Waals surface area contributed by atoms with Crippen LogP contribution in [0.15, 0.2) is 17.7 Å². The summed E-state index contributed by atoms with van der Waals surface area (Å²) in [5.74, 6) is 0.556. The average molecular weight is 337 g/mol. The second kappa shape index (κ2) is 8.01. The van der Waals surface area contributed by atoms with Crippen molar-refractivity contribution in [2.45, 2.75) is 46.0 Å². The van der Waals surface area contributed by atoms with E-state index in [1.807, 2.05) is 0 Å². The van der Waals surface area contributed by atoms with Crippen molar-refractivity contribution in [1.29, 1.82) is 0 Å². The Morgan fingerprint density at radius 2 is 1.88 bits per heavy atom. The molecule has 1 atom stereocenters. The van der Waals surface area contributed by atoms with Crippen LogP contribution in [0.25, 0.3) is 0 Å². The van der Waals surface area contributed by atoms with Gasteiger partial charge in [-0.2, -0.15) is 6.08 Å². The van der Waals surface area contributed by atoms with Crippen molar-refractivity contribution in [2.75, 3.05) is 0 Å². The molecule has 1 unspecified atom stereocenters. The Morgan fingerprint density at radius 1 is 1.25 bits per heavy atom. The zero-order chi connectivity index (χ0) is 12.0. The van der Waals surface area contributed by atoms with Gasteiger partial charge in [0.2, 0.25) is 0 Å². The van der Waals surface area contributed by atoms with E-state index in [2.05, 4.69) is 32.1 Å². The van der Waals surface area contributed by atoms with E-state index in [0.717, 1.165) is 0 Å². The van der Waals surface area contributed by atoms with Crippen molar-refractivity contribution in [3.05, 3.63) is 23.8 Å². The van der Waals surface area contributed by atoms with Crippen LogP contribution in [0.1, 0.15) is 46.0 Å². The molecule has 0 amide bonds. The van der Waals surface area contributed by atoms with Gasteiger partial charge in [-0.1, -0.05) is 19.8 Å². The predicted molar refractivity (Wildman–Crippen MR) is 70.5 cm³/mol. The van der Waals surface area contributed by atoms with Crippen molar-refractivity contribution >= 4 is 20.2 Å². The summed E-state index contributed by atoms with van der Waals surface area (Å²) in [4.78, 5) is 0. The molecule has 2 aliphatic carbocycles. The van der Waals surface area contributed by atoms with Crippen LogP contribution in [0.5, 0.6) is 0 Å². The van der Waals surface area contributed by atoms with Gasteiger partial charge in [0.15, 0.2) is 0 Å². The molecule has 2 aliphatic rings. The maximum absolute atomic E-state index is 5.88. The number of halogens is 2. The van der Waals surface area contributed by atoms with E-state index in [1.54, 1.807) is 0 Å². The van der Waals surface area contributed by atoms with Crippen LogP contribution in [0.4, 0.5) is 0 Å². The van der Waals surface area contributed by atoms with Crippen LogP contribution in [-0.2, 0) is 18.9 Å². The van der Waals surface area contributed by atoms with E-state index in [-0.39, 0.29) is 0 Å². The van der Waals surface area contributed by atoms with Gasteiger partial charge in [-0.15, -0.1) is 0 Å². The number of hydrogen-bond donors (Lipinski definition) is 0. The molecule has 0 aromatic heterocycles. The molecule has 0 spiro atoms. The Kier molecular flexibility index (Phi) is 7.45. The Bertz CT molecular complexity index is 304. The summed E-state index contributed by atoms with van der Waals surface area (Å²) in [7, 11) is 11.8. The standard InChI is InChI=1S/C7H9.C6H10.2ClH.Zr/c1-6-3-4-7(2)5-6;1-2-4-6-5-3-1;;;/h3-4,6H,1-2H3;1-5H2;2*1H;/q-1;;;;+2/p-2. The molecule has 2 rings (SSSR count). The first-order valence-corrected chi connectivity index (χ1v) is 13.5. The van der Waals surface area contributed by atoms with Crippen molar-refractivity contribution in [3.63, 3.8) is 0 Å². The third-order valence-electron chi connectivity index (χ3n) is 2.81. The van der Waals surface area contributed by atoms with Gasteiger partial charge in [0.25, 0.3) is 0 Å². The van der Waals surface area contributed by atoms with Gasteiger partial charge in [0.05, 0.1) is 0 Å². The van der Waals surface area contributed by atoms with E-state index < -0.39 is 18.9 Å². The molecule has 90 valence electrons. The minimum atomic E-state index is -1.88. The van der Waals surface area contributed by atoms with Gasteiger partial charge in [0.1, 0.15) is 0 Å². The van der Waals surface area contributed by atoms with Crippen LogP contribution in [0.2, 0.25) is 0 Å². The summed E-state index contributed by atoms with van der Waals surface area (Å²) in [5, 5.41) is 0. The monoisotopic (exact) mass is 335 g/mol. The Hall–Kier alpha value is 0.813. The van der Waals surface area contributed by atoms with Crippen molar-refractivity contribution in [3.8, 4) is 0 Å². The summed E-state index contributed by atoms with van der Waals surface area (Å²) < 4.78 is 1.53. The second-order valence-electron chi connectivity index (χ2n) is 4.40. The van der Waals surface area contributed by atoms with Gasteiger partial charge >= 0.3 is 71.2 Å². The van der Waals surface area contributed by atoms with Gasteiger partial charge in [0, 0.05) is 0 Å². The van der Waals surface area contributed by atoms with Crippen molar-refractivity contribution in [1.82, 2.24) is 0 Å². The van der Waals surface area contributed by atoms with Crippen molar-refractivity contribution in [2.24, 2.45) is 5.92 Å². The van der Waals surface area contributed by atoms with Crippen molar-refractivity contribution < 1.29 is 18.9 Å². The maximum atomic E-state index is 5.88. The SMILES string of the molecule is CC1=[C-]C(C)C=C1.[Cl][Zr]([Cl])=[C]1CCCCC1. The molecule has 0 aromatic carbocycles. The number of allylic oxidation sites excluding steroid dienone is 4. The average Bonchev–Trinajstić information content (AvgIpc) is 2.65. The van der Waals surface area contributed by atoms with E-state index in [4.69, 9.17) is 17.0 Å². The number of rotatable bonds is 0. The molecule has 0 heterocycles. The fourth-order valence-electron chi connectivity index (χ4n) is 1.91. The molecular formula is C13H19Cl2Zr-. The summed E-state index contributed by atoms with van der Waals surface area (Å²) in [6.45, 7) is 4.20. The molecule has 0 saturated heterocycles. The Balaban J connectivity index is 0.000000165. The predicted octanol–water partition coefficient (Wildman–Crippen LogP) is 4.99. The Morgan fingerprint density at radius 3 is 2.12 bits per heavy atom. The normalized spacial score (nSPS) is 23.6. The summed E-state index contributed by atoms with van der Waals surface area (Å²) in [6, 6.07) is 0. The van der Waals surface area contributed by atoms with Crippen LogP contribution in [0, 0.1) is 12.0 Å². The molecule has 0 aliphatic heterocycles. The van der Waals surface area contributed by atoms with Crippen LogP contribution in [0.3, 0.4) is 0 Å². The molecule has 1 fully saturated rings. The Labute approximate surface area is 114 Å². The zero-order valence-electron chi connectivity index (χ0n) is 10.0. The summed E-state index contributed by atoms with van der Waals surface area (Å²) in [6.07, 6.45) is 14.0. The topological polar surface area (TPSA) is 0 Å². The molecule has 3 heteroatoms. The quantitative estimate of drug-likeness (QED) is 0.546.